The van der Waals surface area contributed by atoms with Gasteiger partial charge in [-0.2, -0.15) is 5.26 Å². The van der Waals surface area contributed by atoms with E-state index in [1.807, 2.05) is 25.2 Å². The zero-order valence-corrected chi connectivity index (χ0v) is 9.06. The lowest BCUT2D eigenvalue weighted by atomic mass is 10.2. The zero-order chi connectivity index (χ0) is 10.9. The molecule has 2 heteroatoms. The van der Waals surface area contributed by atoms with Gasteiger partial charge in [-0.05, 0) is 12.6 Å². The highest BCUT2D eigenvalue weighted by molar-refractivity contribution is 5.48. The lowest BCUT2D eigenvalue weighted by Crippen LogP contribution is -2.18. The Labute approximate surface area is 91.4 Å². The van der Waals surface area contributed by atoms with Gasteiger partial charge in [-0.15, -0.1) is 0 Å². The smallest absolute Gasteiger partial charge is 0.0635 e. The van der Waals surface area contributed by atoms with Crippen LogP contribution in [0, 0.1) is 11.3 Å². The number of hydrogen-bond donors (Lipinski definition) is 0. The molecule has 15 heavy (non-hydrogen) atoms. The average Bonchev–Trinajstić information content (AvgIpc) is 2.28. The molecule has 0 radical (unpaired) electrons. The molecule has 0 amide bonds. The molecule has 1 rings (SSSR count). The first-order chi connectivity index (χ1) is 7.33. The predicted octanol–water partition coefficient (Wildman–Crippen LogP) is 2.55. The number of hydrogen-bond acceptors (Lipinski definition) is 2. The molecule has 78 valence electrons. The average molecular weight is 200 g/mol. The minimum atomic E-state index is 0.593. The van der Waals surface area contributed by atoms with Crippen LogP contribution in [0.2, 0.25) is 0 Å². The van der Waals surface area contributed by atoms with Crippen LogP contribution in [0.4, 0.5) is 0 Å². The van der Waals surface area contributed by atoms with Gasteiger partial charge in [-0.25, -0.2) is 0 Å². The summed E-state index contributed by atoms with van der Waals surface area (Å²) in [5.41, 5.74) is 1.21. The summed E-state index contributed by atoms with van der Waals surface area (Å²) in [5.74, 6) is 0. The second-order valence-electron chi connectivity index (χ2n) is 3.48. The molecule has 0 aliphatic carbocycles. The Morgan fingerprint density at radius 1 is 1.33 bits per heavy atom. The van der Waals surface area contributed by atoms with Crippen LogP contribution in [0.5, 0.6) is 0 Å². The van der Waals surface area contributed by atoms with Gasteiger partial charge in [-0.1, -0.05) is 42.5 Å². The zero-order valence-electron chi connectivity index (χ0n) is 9.06. The van der Waals surface area contributed by atoms with Gasteiger partial charge in [-0.3, -0.25) is 0 Å². The normalized spacial score (nSPS) is 10.7. The van der Waals surface area contributed by atoms with E-state index in [-0.39, 0.29) is 0 Å². The summed E-state index contributed by atoms with van der Waals surface area (Å²) in [7, 11) is 2.02. The van der Waals surface area contributed by atoms with E-state index in [4.69, 9.17) is 5.26 Å². The Kier molecular flexibility index (Phi) is 5.21. The van der Waals surface area contributed by atoms with E-state index in [0.29, 0.717) is 6.42 Å². The van der Waals surface area contributed by atoms with Crippen molar-refractivity contribution in [2.75, 3.05) is 20.1 Å². The van der Waals surface area contributed by atoms with Crippen molar-refractivity contribution >= 4 is 6.08 Å². The number of rotatable bonds is 5. The van der Waals surface area contributed by atoms with Crippen molar-refractivity contribution in [1.29, 1.82) is 5.26 Å². The van der Waals surface area contributed by atoms with Gasteiger partial charge >= 0.3 is 0 Å². The van der Waals surface area contributed by atoms with E-state index in [0.717, 1.165) is 13.1 Å². The molecule has 0 spiro atoms. The monoisotopic (exact) mass is 200 g/mol. The minimum Gasteiger partial charge on any atom is -0.302 e. The highest BCUT2D eigenvalue weighted by Gasteiger charge is 1.93. The van der Waals surface area contributed by atoms with Gasteiger partial charge in [0.1, 0.15) is 0 Å². The Bertz CT molecular complexity index is 335. The van der Waals surface area contributed by atoms with Gasteiger partial charge in [0.15, 0.2) is 0 Å². The fourth-order valence-electron chi connectivity index (χ4n) is 1.27. The van der Waals surface area contributed by atoms with Gasteiger partial charge in [0.05, 0.1) is 6.07 Å². The topological polar surface area (TPSA) is 27.0 Å². The van der Waals surface area contributed by atoms with Crippen LogP contribution >= 0.6 is 0 Å². The van der Waals surface area contributed by atoms with E-state index >= 15 is 0 Å². The molecule has 0 saturated carbocycles. The van der Waals surface area contributed by atoms with Gasteiger partial charge in [0.25, 0.3) is 0 Å². The Balaban J connectivity index is 2.31. The maximum absolute atomic E-state index is 8.42. The van der Waals surface area contributed by atoms with E-state index in [2.05, 4.69) is 35.3 Å². The summed E-state index contributed by atoms with van der Waals surface area (Å²) in [4.78, 5) is 2.13. The fourth-order valence-corrected chi connectivity index (χ4v) is 1.27. The summed E-state index contributed by atoms with van der Waals surface area (Å²) < 4.78 is 0. The molecule has 0 aliphatic rings. The van der Waals surface area contributed by atoms with E-state index in [9.17, 15) is 0 Å². The number of nitrogens with zero attached hydrogens (tertiary/aromatic N) is 2. The second kappa shape index (κ2) is 6.80. The Hall–Kier alpha value is -1.59. The molecule has 0 bridgehead atoms. The number of nitriles is 1. The van der Waals surface area contributed by atoms with Crippen LogP contribution in [0.25, 0.3) is 6.08 Å². The molecule has 1 aromatic rings. The molecule has 0 fully saturated rings. The second-order valence-corrected chi connectivity index (χ2v) is 3.48. The summed E-state index contributed by atoms with van der Waals surface area (Å²) >= 11 is 0. The molecule has 0 aliphatic heterocycles. The SMILES string of the molecule is CN(C/C=C/c1ccccc1)CCC#N. The summed E-state index contributed by atoms with van der Waals surface area (Å²) in [6.45, 7) is 1.71. The van der Waals surface area contributed by atoms with E-state index in [1.54, 1.807) is 0 Å². The van der Waals surface area contributed by atoms with Gasteiger partial charge in [0.2, 0.25) is 0 Å². The third-order valence-corrected chi connectivity index (χ3v) is 2.13. The first kappa shape index (κ1) is 11.5. The van der Waals surface area contributed by atoms with E-state index < -0.39 is 0 Å². The fraction of sp³-hybridized carbons (Fsp3) is 0.308. The lowest BCUT2D eigenvalue weighted by molar-refractivity contribution is 0.380. The first-order valence-electron chi connectivity index (χ1n) is 5.10. The molecule has 2 nitrogen and oxygen atoms in total. The Morgan fingerprint density at radius 2 is 2.07 bits per heavy atom. The van der Waals surface area contributed by atoms with Crippen LogP contribution < -0.4 is 0 Å². The van der Waals surface area contributed by atoms with Crippen molar-refractivity contribution in [3.8, 4) is 6.07 Å². The molecule has 0 heterocycles. The molecular formula is C13H16N2. The van der Waals surface area contributed by atoms with Crippen molar-refractivity contribution in [3.63, 3.8) is 0 Å². The molecule has 0 aromatic heterocycles. The third-order valence-electron chi connectivity index (χ3n) is 2.13. The standard InChI is InChI=1S/C13H16N2/c1-15(12-6-10-14)11-5-9-13-7-3-2-4-8-13/h2-5,7-9H,6,11-12H2,1H3/b9-5+. The maximum Gasteiger partial charge on any atom is 0.0635 e. The molecule has 1 aromatic carbocycles. The van der Waals surface area contributed by atoms with Crippen LogP contribution in [-0.2, 0) is 0 Å². The van der Waals surface area contributed by atoms with Crippen LogP contribution in [-0.4, -0.2) is 25.0 Å². The van der Waals surface area contributed by atoms with Crippen molar-refractivity contribution in [2.45, 2.75) is 6.42 Å². The number of likely N-dealkylation sites (N-methyl/N-ethyl adjacent to an activating group) is 1. The highest BCUT2D eigenvalue weighted by atomic mass is 15.1. The Morgan fingerprint density at radius 3 is 2.73 bits per heavy atom. The lowest BCUT2D eigenvalue weighted by Gasteiger charge is -2.10. The molecular weight excluding hydrogens is 184 g/mol. The van der Waals surface area contributed by atoms with Crippen molar-refractivity contribution in [3.05, 3.63) is 42.0 Å². The largest absolute Gasteiger partial charge is 0.302 e. The van der Waals surface area contributed by atoms with Crippen LogP contribution in [0.3, 0.4) is 0 Å². The number of benzene rings is 1. The van der Waals surface area contributed by atoms with Gasteiger partial charge in [0, 0.05) is 19.5 Å². The molecule has 0 saturated heterocycles. The quantitative estimate of drug-likeness (QED) is 0.730. The summed E-state index contributed by atoms with van der Waals surface area (Å²) in [5, 5.41) is 8.42. The minimum absolute atomic E-state index is 0.593. The van der Waals surface area contributed by atoms with Crippen molar-refractivity contribution < 1.29 is 0 Å². The predicted molar refractivity (Wildman–Crippen MR) is 63.2 cm³/mol. The highest BCUT2D eigenvalue weighted by Crippen LogP contribution is 2.00. The third kappa shape index (κ3) is 4.99. The van der Waals surface area contributed by atoms with E-state index in [1.165, 1.54) is 5.56 Å². The van der Waals surface area contributed by atoms with Crippen LogP contribution in [0.15, 0.2) is 36.4 Å². The summed E-state index contributed by atoms with van der Waals surface area (Å²) in [6, 6.07) is 12.4. The van der Waals surface area contributed by atoms with Gasteiger partial charge < -0.3 is 4.90 Å². The maximum atomic E-state index is 8.42. The molecule has 0 unspecified atom stereocenters. The molecule has 0 atom stereocenters. The molecule has 0 N–H and O–H groups in total. The van der Waals surface area contributed by atoms with Crippen molar-refractivity contribution in [1.82, 2.24) is 4.90 Å². The summed E-state index contributed by atoms with van der Waals surface area (Å²) in [6.07, 6.45) is 4.81. The van der Waals surface area contributed by atoms with Crippen molar-refractivity contribution in [2.24, 2.45) is 0 Å². The van der Waals surface area contributed by atoms with Crippen LogP contribution in [0.1, 0.15) is 12.0 Å². The first-order valence-corrected chi connectivity index (χ1v) is 5.10.